The molecule has 1 amide bonds. The van der Waals surface area contributed by atoms with E-state index in [0.29, 0.717) is 6.42 Å². The molecule has 0 heterocycles. The first-order chi connectivity index (χ1) is 9.49. The number of nitrogens with one attached hydrogen (secondary N) is 1. The molecular weight excluding hydrogens is 284 g/mol. The number of nitro benzene ring substituents is 1. The Kier molecular flexibility index (Phi) is 4.57. The van der Waals surface area contributed by atoms with Crippen LogP contribution in [0, 0.1) is 10.1 Å². The number of halogens is 1. The molecule has 1 aromatic rings. The highest BCUT2D eigenvalue weighted by atomic mass is 35.5. The summed E-state index contributed by atoms with van der Waals surface area (Å²) < 4.78 is 0. The van der Waals surface area contributed by atoms with Crippen molar-refractivity contribution in [2.24, 2.45) is 0 Å². The third-order valence-electron chi connectivity index (χ3n) is 3.45. The maximum atomic E-state index is 12.0. The van der Waals surface area contributed by atoms with Gasteiger partial charge < -0.3 is 10.4 Å². The second-order valence-corrected chi connectivity index (χ2v) is 5.26. The van der Waals surface area contributed by atoms with Crippen LogP contribution < -0.4 is 5.32 Å². The standard InChI is InChI=1S/C13H15ClN2O4/c14-9-7-8(5-6-11(9)16(19)20)13(18)15-10-3-1-2-4-12(10)17/h5-7,10,12,17H,1-4H2,(H,15,18). The fourth-order valence-corrected chi connectivity index (χ4v) is 2.58. The summed E-state index contributed by atoms with van der Waals surface area (Å²) in [5.41, 5.74) is 0.0132. The van der Waals surface area contributed by atoms with Crippen molar-refractivity contribution in [2.75, 3.05) is 0 Å². The molecule has 2 unspecified atom stereocenters. The van der Waals surface area contributed by atoms with E-state index in [0.717, 1.165) is 19.3 Å². The molecule has 1 aromatic carbocycles. The van der Waals surface area contributed by atoms with Gasteiger partial charge in [0.15, 0.2) is 0 Å². The number of carbonyl (C=O) groups excluding carboxylic acids is 1. The number of nitro groups is 1. The number of aliphatic hydroxyl groups is 1. The molecule has 0 bridgehead atoms. The Morgan fingerprint density at radius 3 is 2.70 bits per heavy atom. The van der Waals surface area contributed by atoms with E-state index in [1.165, 1.54) is 18.2 Å². The van der Waals surface area contributed by atoms with Gasteiger partial charge in [0.25, 0.3) is 11.6 Å². The van der Waals surface area contributed by atoms with Gasteiger partial charge in [-0.05, 0) is 25.0 Å². The molecule has 0 radical (unpaired) electrons. The summed E-state index contributed by atoms with van der Waals surface area (Å²) in [7, 11) is 0. The number of hydrogen-bond acceptors (Lipinski definition) is 4. The molecule has 2 atom stereocenters. The Labute approximate surface area is 120 Å². The normalized spacial score (nSPS) is 22.3. The number of rotatable bonds is 3. The molecule has 20 heavy (non-hydrogen) atoms. The van der Waals surface area contributed by atoms with Crippen LogP contribution in [0.15, 0.2) is 18.2 Å². The van der Waals surface area contributed by atoms with Gasteiger partial charge in [0.05, 0.1) is 17.1 Å². The van der Waals surface area contributed by atoms with Gasteiger partial charge in [-0.25, -0.2) is 0 Å². The predicted molar refractivity (Wildman–Crippen MR) is 73.8 cm³/mol. The van der Waals surface area contributed by atoms with Crippen molar-refractivity contribution in [2.45, 2.75) is 37.8 Å². The van der Waals surface area contributed by atoms with Crippen LogP contribution in [0.4, 0.5) is 5.69 Å². The van der Waals surface area contributed by atoms with Crippen molar-refractivity contribution in [3.63, 3.8) is 0 Å². The Morgan fingerprint density at radius 2 is 2.10 bits per heavy atom. The van der Waals surface area contributed by atoms with Crippen LogP contribution in [-0.2, 0) is 0 Å². The van der Waals surface area contributed by atoms with Crippen molar-refractivity contribution in [1.29, 1.82) is 0 Å². The summed E-state index contributed by atoms with van der Waals surface area (Å²) >= 11 is 5.77. The van der Waals surface area contributed by atoms with Gasteiger partial charge in [0, 0.05) is 11.6 Å². The average molecular weight is 299 g/mol. The first-order valence-corrected chi connectivity index (χ1v) is 6.79. The van der Waals surface area contributed by atoms with Gasteiger partial charge in [0.1, 0.15) is 5.02 Å². The Balaban J connectivity index is 2.09. The fraction of sp³-hybridized carbons (Fsp3) is 0.462. The summed E-state index contributed by atoms with van der Waals surface area (Å²) in [6.07, 6.45) is 2.78. The molecule has 1 fully saturated rings. The van der Waals surface area contributed by atoms with Gasteiger partial charge in [-0.2, -0.15) is 0 Å². The van der Waals surface area contributed by atoms with Crippen molar-refractivity contribution >= 4 is 23.2 Å². The van der Waals surface area contributed by atoms with Crippen LogP contribution in [0.25, 0.3) is 0 Å². The van der Waals surface area contributed by atoms with E-state index in [1.54, 1.807) is 0 Å². The topological polar surface area (TPSA) is 92.5 Å². The van der Waals surface area contributed by atoms with E-state index in [2.05, 4.69) is 5.32 Å². The SMILES string of the molecule is O=C(NC1CCCCC1O)c1ccc([N+](=O)[O-])c(Cl)c1. The zero-order valence-electron chi connectivity index (χ0n) is 10.7. The third kappa shape index (κ3) is 3.26. The van der Waals surface area contributed by atoms with E-state index < -0.39 is 11.0 Å². The van der Waals surface area contributed by atoms with Gasteiger partial charge in [0.2, 0.25) is 0 Å². The summed E-state index contributed by atoms with van der Waals surface area (Å²) in [6.45, 7) is 0. The van der Waals surface area contributed by atoms with Gasteiger partial charge in [-0.1, -0.05) is 24.4 Å². The molecule has 1 aliphatic carbocycles. The number of nitrogens with zero attached hydrogens (tertiary/aromatic N) is 1. The Bertz CT molecular complexity index is 535. The van der Waals surface area contributed by atoms with E-state index >= 15 is 0 Å². The number of aliphatic hydroxyl groups excluding tert-OH is 1. The molecule has 1 saturated carbocycles. The van der Waals surface area contributed by atoms with Crippen molar-refractivity contribution in [1.82, 2.24) is 5.32 Å². The monoisotopic (exact) mass is 298 g/mol. The van der Waals surface area contributed by atoms with Gasteiger partial charge in [-0.15, -0.1) is 0 Å². The lowest BCUT2D eigenvalue weighted by molar-refractivity contribution is -0.384. The molecule has 0 aliphatic heterocycles. The molecule has 7 heteroatoms. The summed E-state index contributed by atoms with van der Waals surface area (Å²) in [5, 5.41) is 23.1. The van der Waals surface area contributed by atoms with Crippen LogP contribution in [0.1, 0.15) is 36.0 Å². The minimum atomic E-state index is -0.602. The van der Waals surface area contributed by atoms with E-state index in [-0.39, 0.29) is 28.2 Å². The van der Waals surface area contributed by atoms with Crippen LogP contribution >= 0.6 is 11.6 Å². The number of carbonyl (C=O) groups is 1. The minimum absolute atomic E-state index is 0.0770. The van der Waals surface area contributed by atoms with Crippen LogP contribution in [0.2, 0.25) is 5.02 Å². The first-order valence-electron chi connectivity index (χ1n) is 6.42. The highest BCUT2D eigenvalue weighted by Gasteiger charge is 2.25. The van der Waals surface area contributed by atoms with Crippen molar-refractivity contribution in [3.05, 3.63) is 38.9 Å². The largest absolute Gasteiger partial charge is 0.391 e. The van der Waals surface area contributed by atoms with E-state index in [9.17, 15) is 20.0 Å². The van der Waals surface area contributed by atoms with Crippen LogP contribution in [-0.4, -0.2) is 28.1 Å². The van der Waals surface area contributed by atoms with Crippen molar-refractivity contribution < 1.29 is 14.8 Å². The number of benzene rings is 1. The molecule has 2 rings (SSSR count). The first kappa shape index (κ1) is 14.7. The lowest BCUT2D eigenvalue weighted by Gasteiger charge is -2.28. The van der Waals surface area contributed by atoms with Gasteiger partial charge in [-0.3, -0.25) is 14.9 Å². The zero-order valence-corrected chi connectivity index (χ0v) is 11.5. The maximum Gasteiger partial charge on any atom is 0.287 e. The highest BCUT2D eigenvalue weighted by Crippen LogP contribution is 2.25. The molecular formula is C13H15ClN2O4. The Hall–Kier alpha value is -1.66. The number of hydrogen-bond donors (Lipinski definition) is 2. The predicted octanol–water partition coefficient (Wildman–Crippen LogP) is 2.28. The quantitative estimate of drug-likeness (QED) is 0.661. The Morgan fingerprint density at radius 1 is 1.40 bits per heavy atom. The fourth-order valence-electron chi connectivity index (χ4n) is 2.33. The lowest BCUT2D eigenvalue weighted by Crippen LogP contribution is -2.45. The summed E-state index contributed by atoms with van der Waals surface area (Å²) in [4.78, 5) is 22.1. The highest BCUT2D eigenvalue weighted by molar-refractivity contribution is 6.33. The number of amides is 1. The molecule has 0 spiro atoms. The molecule has 6 nitrogen and oxygen atoms in total. The average Bonchev–Trinajstić information content (AvgIpc) is 2.40. The smallest absolute Gasteiger partial charge is 0.287 e. The summed E-state index contributed by atoms with van der Waals surface area (Å²) in [6, 6.07) is 3.55. The minimum Gasteiger partial charge on any atom is -0.391 e. The van der Waals surface area contributed by atoms with E-state index in [4.69, 9.17) is 11.6 Å². The molecule has 2 N–H and O–H groups in total. The molecule has 0 aromatic heterocycles. The lowest BCUT2D eigenvalue weighted by atomic mass is 9.92. The van der Waals surface area contributed by atoms with Gasteiger partial charge >= 0.3 is 0 Å². The van der Waals surface area contributed by atoms with E-state index in [1.807, 2.05) is 0 Å². The third-order valence-corrected chi connectivity index (χ3v) is 3.76. The molecule has 108 valence electrons. The summed E-state index contributed by atoms with van der Waals surface area (Å²) in [5.74, 6) is -0.382. The molecule has 0 saturated heterocycles. The maximum absolute atomic E-state index is 12.0. The van der Waals surface area contributed by atoms with Crippen LogP contribution in [0.5, 0.6) is 0 Å². The molecule has 1 aliphatic rings. The second kappa shape index (κ2) is 6.19. The second-order valence-electron chi connectivity index (χ2n) is 4.86. The van der Waals surface area contributed by atoms with Crippen molar-refractivity contribution in [3.8, 4) is 0 Å². The zero-order chi connectivity index (χ0) is 14.7. The van der Waals surface area contributed by atoms with Crippen LogP contribution in [0.3, 0.4) is 0 Å².